The van der Waals surface area contributed by atoms with Crippen LogP contribution < -0.4 is 5.01 Å². The largest absolute Gasteiger partial charge is 0.357 e. The highest BCUT2D eigenvalue weighted by atomic mass is 16.6. The van der Waals surface area contributed by atoms with Gasteiger partial charge in [-0.2, -0.15) is 5.26 Å². The maximum absolute atomic E-state index is 9.42. The second kappa shape index (κ2) is 5.70. The molecular formula is C11H15N4O2+. The van der Waals surface area contributed by atoms with Gasteiger partial charge in [-0.1, -0.05) is 18.9 Å². The molecule has 0 spiro atoms. The Morgan fingerprint density at radius 3 is 2.41 bits per heavy atom. The van der Waals surface area contributed by atoms with Gasteiger partial charge in [-0.15, -0.1) is 0 Å². The number of hydrogen-bond acceptors (Lipinski definition) is 2. The topological polar surface area (TPSA) is 82.9 Å². The molecule has 0 saturated carbocycles. The molecule has 1 aromatic rings. The number of benzene rings is 1. The van der Waals surface area contributed by atoms with Crippen LogP contribution in [0.3, 0.4) is 0 Å². The molecule has 17 heavy (non-hydrogen) atoms. The molecule has 0 aliphatic rings. The van der Waals surface area contributed by atoms with Crippen molar-refractivity contribution in [1.29, 1.82) is 5.26 Å². The van der Waals surface area contributed by atoms with Crippen molar-refractivity contribution in [3.8, 4) is 6.07 Å². The minimum Gasteiger partial charge on any atom is -0.357 e. The average molecular weight is 235 g/mol. The number of hydrazine groups is 1. The van der Waals surface area contributed by atoms with Gasteiger partial charge >= 0.3 is 0 Å². The van der Waals surface area contributed by atoms with Crippen LogP contribution in [-0.4, -0.2) is 21.9 Å². The highest BCUT2D eigenvalue weighted by Crippen LogP contribution is 2.16. The van der Waals surface area contributed by atoms with Crippen molar-refractivity contribution >= 4 is 5.69 Å². The van der Waals surface area contributed by atoms with Crippen LogP contribution in [0.25, 0.3) is 0 Å². The quantitative estimate of drug-likeness (QED) is 0.476. The first kappa shape index (κ1) is 12.8. The Kier molecular flexibility index (Phi) is 4.29. The van der Waals surface area contributed by atoms with Crippen molar-refractivity contribution in [3.63, 3.8) is 0 Å². The van der Waals surface area contributed by atoms with Gasteiger partial charge in [-0.25, -0.2) is 5.21 Å². The smallest absolute Gasteiger partial charge is 0.272 e. The zero-order valence-electron chi connectivity index (χ0n) is 9.78. The second-order valence-corrected chi connectivity index (χ2v) is 3.99. The summed E-state index contributed by atoms with van der Waals surface area (Å²) in [7, 11) is 0. The molecule has 0 heterocycles. The van der Waals surface area contributed by atoms with Gasteiger partial charge in [0.1, 0.15) is 5.69 Å². The third-order valence-electron chi connectivity index (χ3n) is 2.13. The van der Waals surface area contributed by atoms with Crippen molar-refractivity contribution in [2.45, 2.75) is 13.8 Å². The van der Waals surface area contributed by atoms with Crippen molar-refractivity contribution in [3.05, 3.63) is 29.8 Å². The molecule has 90 valence electrons. The summed E-state index contributed by atoms with van der Waals surface area (Å²) in [6, 6.07) is 8.63. The van der Waals surface area contributed by atoms with Crippen LogP contribution in [0.4, 0.5) is 5.69 Å². The van der Waals surface area contributed by atoms with Crippen LogP contribution in [0.1, 0.15) is 19.4 Å². The van der Waals surface area contributed by atoms with Gasteiger partial charge in [-0.3, -0.25) is 0 Å². The molecule has 6 heteroatoms. The minimum atomic E-state index is 0.266. The van der Waals surface area contributed by atoms with Gasteiger partial charge in [0.05, 0.1) is 18.2 Å². The molecule has 0 fully saturated rings. The molecule has 1 aromatic carbocycles. The first-order chi connectivity index (χ1) is 8.08. The zero-order valence-corrected chi connectivity index (χ0v) is 9.78. The molecule has 0 aliphatic carbocycles. The van der Waals surface area contributed by atoms with Gasteiger partial charge in [0.25, 0.3) is 10.2 Å². The summed E-state index contributed by atoms with van der Waals surface area (Å²) in [5.41, 5.74) is 1.17. The van der Waals surface area contributed by atoms with E-state index in [2.05, 4.69) is 5.28 Å². The fourth-order valence-corrected chi connectivity index (χ4v) is 1.38. The number of rotatable bonds is 4. The van der Waals surface area contributed by atoms with Crippen LogP contribution in [0, 0.1) is 17.2 Å². The Balaban J connectivity index is 3.00. The summed E-state index contributed by atoms with van der Waals surface area (Å²) >= 11 is 0. The lowest BCUT2D eigenvalue weighted by Crippen LogP contribution is -2.35. The lowest BCUT2D eigenvalue weighted by atomic mass is 10.2. The van der Waals surface area contributed by atoms with Gasteiger partial charge < -0.3 is 5.21 Å². The van der Waals surface area contributed by atoms with Crippen LogP contribution in [-0.2, 0) is 0 Å². The highest BCUT2D eigenvalue weighted by molar-refractivity contribution is 5.47. The number of hydrogen-bond donors (Lipinski definition) is 2. The molecule has 0 atom stereocenters. The van der Waals surface area contributed by atoms with E-state index in [4.69, 9.17) is 10.5 Å². The summed E-state index contributed by atoms with van der Waals surface area (Å²) in [5.74, 6) is 0.266. The van der Waals surface area contributed by atoms with Crippen LogP contribution in [0.2, 0.25) is 0 Å². The van der Waals surface area contributed by atoms with Crippen molar-refractivity contribution in [2.75, 3.05) is 11.6 Å². The predicted octanol–water partition coefficient (Wildman–Crippen LogP) is 2.18. The molecule has 0 saturated heterocycles. The van der Waals surface area contributed by atoms with Gasteiger partial charge in [0.15, 0.2) is 0 Å². The number of nitriles is 1. The van der Waals surface area contributed by atoms with Gasteiger partial charge in [0, 0.05) is 0 Å². The van der Waals surface area contributed by atoms with Crippen LogP contribution in [0.15, 0.2) is 29.5 Å². The standard InChI is InChI=1S/C11H14N4O2/c1-9(2)8-14(15(17)13-16)11-5-3-10(7-12)4-6-11/h3-6,9,17H,8H2,1-2H3/p+1. The Morgan fingerprint density at radius 2 is 2.00 bits per heavy atom. The van der Waals surface area contributed by atoms with E-state index in [9.17, 15) is 5.21 Å². The normalized spacial score (nSPS) is 11.3. The van der Waals surface area contributed by atoms with E-state index in [-0.39, 0.29) is 5.92 Å². The van der Waals surface area contributed by atoms with Crippen molar-refractivity contribution in [1.82, 2.24) is 0 Å². The first-order valence-corrected chi connectivity index (χ1v) is 5.20. The molecule has 0 bridgehead atoms. The van der Waals surface area contributed by atoms with Gasteiger partial charge in [0.2, 0.25) is 0 Å². The van der Waals surface area contributed by atoms with E-state index in [1.807, 2.05) is 19.9 Å². The summed E-state index contributed by atoms with van der Waals surface area (Å²) in [6.45, 7) is 4.43. The van der Waals surface area contributed by atoms with Crippen LogP contribution >= 0.6 is 0 Å². The fraction of sp³-hybridized carbons (Fsp3) is 0.364. The SMILES string of the molecule is CC(C)CN(c1ccc(C#N)cc1)[N+](O)=NO. The van der Waals surface area contributed by atoms with Gasteiger partial charge in [-0.05, 0) is 30.2 Å². The second-order valence-electron chi connectivity index (χ2n) is 3.99. The van der Waals surface area contributed by atoms with E-state index in [1.54, 1.807) is 24.3 Å². The maximum Gasteiger partial charge on any atom is 0.272 e. The molecule has 0 amide bonds. The molecular weight excluding hydrogens is 220 g/mol. The Morgan fingerprint density at radius 1 is 1.41 bits per heavy atom. The van der Waals surface area contributed by atoms with E-state index < -0.39 is 0 Å². The van der Waals surface area contributed by atoms with Crippen LogP contribution in [0.5, 0.6) is 0 Å². The fourth-order valence-electron chi connectivity index (χ4n) is 1.38. The monoisotopic (exact) mass is 235 g/mol. The lowest BCUT2D eigenvalue weighted by molar-refractivity contribution is -0.844. The first-order valence-electron chi connectivity index (χ1n) is 5.20. The lowest BCUT2D eigenvalue weighted by Gasteiger charge is -2.14. The number of nitrogens with zero attached hydrogens (tertiary/aromatic N) is 4. The maximum atomic E-state index is 9.42. The molecule has 0 aromatic heterocycles. The Labute approximate surface area is 99.5 Å². The van der Waals surface area contributed by atoms with E-state index in [0.717, 1.165) is 0 Å². The Hall–Kier alpha value is -2.29. The molecule has 0 aliphatic heterocycles. The van der Waals surface area contributed by atoms with E-state index in [1.165, 1.54) is 5.01 Å². The summed E-state index contributed by atoms with van der Waals surface area (Å²) < 4.78 is 0. The van der Waals surface area contributed by atoms with Crippen molar-refractivity contribution < 1.29 is 15.4 Å². The molecule has 1 rings (SSSR count). The predicted molar refractivity (Wildman–Crippen MR) is 59.6 cm³/mol. The van der Waals surface area contributed by atoms with E-state index >= 15 is 0 Å². The molecule has 0 unspecified atom stereocenters. The minimum absolute atomic E-state index is 0.266. The third-order valence-corrected chi connectivity index (χ3v) is 2.13. The molecule has 6 nitrogen and oxygen atoms in total. The van der Waals surface area contributed by atoms with E-state index in [0.29, 0.717) is 22.8 Å². The van der Waals surface area contributed by atoms with Crippen molar-refractivity contribution in [2.24, 2.45) is 11.2 Å². The summed E-state index contributed by atoms with van der Waals surface area (Å²) in [6.07, 6.45) is 0. The third kappa shape index (κ3) is 3.34. The summed E-state index contributed by atoms with van der Waals surface area (Å²) in [5, 5.41) is 30.8. The average Bonchev–Trinajstić information content (AvgIpc) is 2.35. The zero-order chi connectivity index (χ0) is 12.8. The number of anilines is 1. The summed E-state index contributed by atoms with van der Waals surface area (Å²) in [4.78, 5) is 0.376. The highest BCUT2D eigenvalue weighted by Gasteiger charge is 2.22. The molecule has 0 radical (unpaired) electrons. The molecule has 2 N–H and O–H groups in total. The Bertz CT molecular complexity index is 434.